The molecule has 1 saturated carbocycles. The second kappa shape index (κ2) is 11.7. The number of nitrogens with one attached hydrogen (secondary N) is 2. The minimum atomic E-state index is 0. The highest BCUT2D eigenvalue weighted by Crippen LogP contribution is 2.43. The SMILES string of the molecule is CN=C(NCCOCCOC)NCC1(c2ccccc2)CCC1.I. The predicted octanol–water partition coefficient (Wildman–Crippen LogP) is 2.55. The van der Waals surface area contributed by atoms with Crippen molar-refractivity contribution in [3.63, 3.8) is 0 Å². The molecule has 2 N–H and O–H groups in total. The van der Waals surface area contributed by atoms with Gasteiger partial charge in [0.15, 0.2) is 5.96 Å². The molecule has 2 rings (SSSR count). The average molecular weight is 447 g/mol. The van der Waals surface area contributed by atoms with Crippen LogP contribution in [0.25, 0.3) is 0 Å². The molecule has 1 fully saturated rings. The average Bonchev–Trinajstić information content (AvgIpc) is 2.56. The minimum absolute atomic E-state index is 0. The Morgan fingerprint density at radius 2 is 1.88 bits per heavy atom. The molecule has 24 heavy (non-hydrogen) atoms. The van der Waals surface area contributed by atoms with E-state index in [0.717, 1.165) is 19.0 Å². The molecule has 1 aromatic carbocycles. The summed E-state index contributed by atoms with van der Waals surface area (Å²) in [5.74, 6) is 0.836. The van der Waals surface area contributed by atoms with Gasteiger partial charge in [-0.15, -0.1) is 24.0 Å². The first-order chi connectivity index (χ1) is 11.3. The van der Waals surface area contributed by atoms with Gasteiger partial charge in [0.1, 0.15) is 0 Å². The first kappa shape index (κ1) is 21.2. The van der Waals surface area contributed by atoms with Crippen LogP contribution in [0.5, 0.6) is 0 Å². The highest BCUT2D eigenvalue weighted by molar-refractivity contribution is 14.0. The van der Waals surface area contributed by atoms with Crippen molar-refractivity contribution in [1.29, 1.82) is 0 Å². The van der Waals surface area contributed by atoms with Crippen molar-refractivity contribution in [2.75, 3.05) is 47.1 Å². The molecule has 0 saturated heterocycles. The molecule has 0 heterocycles. The predicted molar refractivity (Wildman–Crippen MR) is 109 cm³/mol. The highest BCUT2D eigenvalue weighted by Gasteiger charge is 2.38. The van der Waals surface area contributed by atoms with E-state index in [4.69, 9.17) is 9.47 Å². The van der Waals surface area contributed by atoms with E-state index in [2.05, 4.69) is 46.0 Å². The second-order valence-electron chi connectivity index (χ2n) is 5.96. The molecule has 0 aliphatic heterocycles. The smallest absolute Gasteiger partial charge is 0.191 e. The minimum Gasteiger partial charge on any atom is -0.382 e. The number of nitrogens with zero attached hydrogens (tertiary/aromatic N) is 1. The van der Waals surface area contributed by atoms with E-state index in [0.29, 0.717) is 19.8 Å². The number of guanidine groups is 1. The van der Waals surface area contributed by atoms with Crippen molar-refractivity contribution in [3.05, 3.63) is 35.9 Å². The number of rotatable bonds is 9. The number of aliphatic imine (C=N–C) groups is 1. The third-order valence-electron chi connectivity index (χ3n) is 4.49. The summed E-state index contributed by atoms with van der Waals surface area (Å²) in [5, 5.41) is 6.76. The van der Waals surface area contributed by atoms with Crippen molar-refractivity contribution in [2.24, 2.45) is 4.99 Å². The molecule has 1 aliphatic carbocycles. The summed E-state index contributed by atoms with van der Waals surface area (Å²) >= 11 is 0. The number of methoxy groups -OCH3 is 1. The second-order valence-corrected chi connectivity index (χ2v) is 5.96. The van der Waals surface area contributed by atoms with Crippen molar-refractivity contribution in [1.82, 2.24) is 10.6 Å². The summed E-state index contributed by atoms with van der Waals surface area (Å²) in [6.45, 7) is 3.56. The summed E-state index contributed by atoms with van der Waals surface area (Å²) in [6.07, 6.45) is 3.78. The lowest BCUT2D eigenvalue weighted by molar-refractivity contribution is 0.0733. The van der Waals surface area contributed by atoms with Crippen LogP contribution in [0, 0.1) is 0 Å². The van der Waals surface area contributed by atoms with E-state index in [-0.39, 0.29) is 29.4 Å². The maximum absolute atomic E-state index is 5.45. The van der Waals surface area contributed by atoms with Crippen molar-refractivity contribution >= 4 is 29.9 Å². The van der Waals surface area contributed by atoms with Gasteiger partial charge in [-0.05, 0) is 18.4 Å². The Bertz CT molecular complexity index is 478. The maximum atomic E-state index is 5.45. The number of hydrogen-bond acceptors (Lipinski definition) is 3. The molecule has 0 spiro atoms. The summed E-state index contributed by atoms with van der Waals surface area (Å²) in [7, 11) is 3.48. The molecule has 0 bridgehead atoms. The van der Waals surface area contributed by atoms with Gasteiger partial charge in [0.05, 0.1) is 19.8 Å². The molecule has 5 nitrogen and oxygen atoms in total. The maximum Gasteiger partial charge on any atom is 0.191 e. The van der Waals surface area contributed by atoms with Gasteiger partial charge >= 0.3 is 0 Å². The van der Waals surface area contributed by atoms with E-state index in [9.17, 15) is 0 Å². The van der Waals surface area contributed by atoms with E-state index < -0.39 is 0 Å². The van der Waals surface area contributed by atoms with Crippen LogP contribution in [0.4, 0.5) is 0 Å². The third-order valence-corrected chi connectivity index (χ3v) is 4.49. The summed E-state index contributed by atoms with van der Waals surface area (Å²) in [6, 6.07) is 10.8. The monoisotopic (exact) mass is 447 g/mol. The highest BCUT2D eigenvalue weighted by atomic mass is 127. The lowest BCUT2D eigenvalue weighted by atomic mass is 9.64. The van der Waals surface area contributed by atoms with E-state index in [1.54, 1.807) is 14.2 Å². The molecule has 136 valence electrons. The van der Waals surface area contributed by atoms with E-state index in [1.807, 2.05) is 0 Å². The fourth-order valence-corrected chi connectivity index (χ4v) is 2.92. The largest absolute Gasteiger partial charge is 0.382 e. The summed E-state index contributed by atoms with van der Waals surface area (Å²) < 4.78 is 10.4. The van der Waals surface area contributed by atoms with Gasteiger partial charge in [-0.2, -0.15) is 0 Å². The van der Waals surface area contributed by atoms with Crippen LogP contribution >= 0.6 is 24.0 Å². The number of benzene rings is 1. The lowest BCUT2D eigenvalue weighted by Gasteiger charge is -2.43. The number of ether oxygens (including phenoxy) is 2. The fourth-order valence-electron chi connectivity index (χ4n) is 2.92. The van der Waals surface area contributed by atoms with E-state index in [1.165, 1.54) is 24.8 Å². The van der Waals surface area contributed by atoms with Crippen molar-refractivity contribution in [3.8, 4) is 0 Å². The topological polar surface area (TPSA) is 54.9 Å². The molecule has 0 radical (unpaired) electrons. The zero-order valence-electron chi connectivity index (χ0n) is 14.7. The van der Waals surface area contributed by atoms with Gasteiger partial charge < -0.3 is 20.1 Å². The Balaban J connectivity index is 0.00000288. The zero-order chi connectivity index (χ0) is 16.4. The number of hydrogen-bond donors (Lipinski definition) is 2. The van der Waals surface area contributed by atoms with Crippen LogP contribution < -0.4 is 10.6 Å². The van der Waals surface area contributed by atoms with E-state index >= 15 is 0 Å². The molecule has 0 unspecified atom stereocenters. The van der Waals surface area contributed by atoms with Crippen LogP contribution in [0.1, 0.15) is 24.8 Å². The standard InChI is InChI=1S/C18H29N3O2.HI/c1-19-17(20-11-12-23-14-13-22-2)21-15-18(9-6-10-18)16-7-4-3-5-8-16;/h3-5,7-8H,6,9-15H2,1-2H3,(H2,19,20,21);1H. The normalized spacial score (nSPS) is 16.0. The fraction of sp³-hybridized carbons (Fsp3) is 0.611. The van der Waals surface area contributed by atoms with Crippen LogP contribution in [0.2, 0.25) is 0 Å². The van der Waals surface area contributed by atoms with Gasteiger partial charge in [-0.3, -0.25) is 4.99 Å². The zero-order valence-corrected chi connectivity index (χ0v) is 17.0. The van der Waals surface area contributed by atoms with Crippen LogP contribution in [0.3, 0.4) is 0 Å². The molecule has 0 aromatic heterocycles. The quantitative estimate of drug-likeness (QED) is 0.265. The summed E-state index contributed by atoms with van der Waals surface area (Å²) in [5.41, 5.74) is 1.69. The Morgan fingerprint density at radius 3 is 2.46 bits per heavy atom. The lowest BCUT2D eigenvalue weighted by Crippen LogP contribution is -2.49. The Hall–Kier alpha value is -0.860. The van der Waals surface area contributed by atoms with Crippen molar-refractivity contribution in [2.45, 2.75) is 24.7 Å². The number of halogens is 1. The van der Waals surface area contributed by atoms with Gasteiger partial charge in [0.2, 0.25) is 0 Å². The molecule has 1 aromatic rings. The molecular weight excluding hydrogens is 417 g/mol. The van der Waals surface area contributed by atoms with Crippen LogP contribution in [-0.2, 0) is 14.9 Å². The van der Waals surface area contributed by atoms with Gasteiger partial charge in [-0.25, -0.2) is 0 Å². The van der Waals surface area contributed by atoms with Gasteiger partial charge in [0.25, 0.3) is 0 Å². The molecule has 0 amide bonds. The van der Waals surface area contributed by atoms with Gasteiger partial charge in [0, 0.05) is 32.7 Å². The Morgan fingerprint density at radius 1 is 1.12 bits per heavy atom. The molecule has 1 aliphatic rings. The third kappa shape index (κ3) is 6.22. The van der Waals surface area contributed by atoms with Crippen LogP contribution in [-0.4, -0.2) is 53.0 Å². The Labute approximate surface area is 162 Å². The first-order valence-electron chi connectivity index (χ1n) is 8.37. The van der Waals surface area contributed by atoms with Crippen LogP contribution in [0.15, 0.2) is 35.3 Å². The molecule has 0 atom stereocenters. The Kier molecular flexibility index (Phi) is 10.3. The summed E-state index contributed by atoms with van der Waals surface area (Å²) in [4.78, 5) is 4.29. The van der Waals surface area contributed by atoms with Crippen molar-refractivity contribution < 1.29 is 9.47 Å². The molecule has 6 heteroatoms. The first-order valence-corrected chi connectivity index (χ1v) is 8.37. The van der Waals surface area contributed by atoms with Gasteiger partial charge in [-0.1, -0.05) is 36.8 Å². The molecular formula is C18H30IN3O2.